The molecule has 0 aliphatic rings. The van der Waals surface area contributed by atoms with E-state index in [-0.39, 0.29) is 6.10 Å². The monoisotopic (exact) mass is 256 g/mol. The van der Waals surface area contributed by atoms with Gasteiger partial charge in [-0.1, -0.05) is 30.7 Å². The number of aliphatic hydroxyl groups is 1. The van der Waals surface area contributed by atoms with E-state index in [0.29, 0.717) is 13.1 Å². The van der Waals surface area contributed by atoms with E-state index in [9.17, 15) is 5.11 Å². The molecular formula is C13H21ClN2O. The second-order valence-electron chi connectivity index (χ2n) is 4.29. The molecule has 0 aliphatic carbocycles. The Bertz CT molecular complexity index is 333. The Morgan fingerprint density at radius 3 is 2.88 bits per heavy atom. The largest absolute Gasteiger partial charge is 0.390 e. The summed E-state index contributed by atoms with van der Waals surface area (Å²) in [6, 6.07) is 7.80. The molecule has 0 aliphatic heterocycles. The van der Waals surface area contributed by atoms with Crippen molar-refractivity contribution in [3.05, 3.63) is 34.9 Å². The Morgan fingerprint density at radius 2 is 2.24 bits per heavy atom. The Labute approximate surface area is 108 Å². The maximum absolute atomic E-state index is 9.75. The molecule has 1 atom stereocenters. The lowest BCUT2D eigenvalue weighted by Crippen LogP contribution is -2.36. The zero-order valence-electron chi connectivity index (χ0n) is 10.5. The van der Waals surface area contributed by atoms with Gasteiger partial charge in [0.15, 0.2) is 0 Å². The number of hydrogen-bond acceptors (Lipinski definition) is 3. The molecule has 0 aromatic heterocycles. The fraction of sp³-hybridized carbons (Fsp3) is 0.538. The first kappa shape index (κ1) is 14.5. The Morgan fingerprint density at radius 1 is 1.47 bits per heavy atom. The molecule has 3 nitrogen and oxygen atoms in total. The Kier molecular flexibility index (Phi) is 6.52. The fourth-order valence-electron chi connectivity index (χ4n) is 1.75. The summed E-state index contributed by atoms with van der Waals surface area (Å²) < 4.78 is 0. The summed E-state index contributed by atoms with van der Waals surface area (Å²) >= 11 is 5.92. The van der Waals surface area contributed by atoms with Crippen molar-refractivity contribution in [1.29, 1.82) is 0 Å². The van der Waals surface area contributed by atoms with Gasteiger partial charge in [-0.2, -0.15) is 0 Å². The molecule has 0 radical (unpaired) electrons. The van der Waals surface area contributed by atoms with Crippen LogP contribution in [0.5, 0.6) is 0 Å². The quantitative estimate of drug-likeness (QED) is 0.780. The minimum atomic E-state index is -0.334. The lowest BCUT2D eigenvalue weighted by atomic mass is 10.2. The van der Waals surface area contributed by atoms with Gasteiger partial charge < -0.3 is 10.4 Å². The molecule has 17 heavy (non-hydrogen) atoms. The van der Waals surface area contributed by atoms with Crippen LogP contribution in [0.1, 0.15) is 12.5 Å². The van der Waals surface area contributed by atoms with Crippen LogP contribution >= 0.6 is 11.6 Å². The van der Waals surface area contributed by atoms with E-state index in [2.05, 4.69) is 10.2 Å². The maximum Gasteiger partial charge on any atom is 0.0791 e. The Hall–Kier alpha value is -0.610. The van der Waals surface area contributed by atoms with Crippen LogP contribution in [0, 0.1) is 0 Å². The molecule has 1 rings (SSSR count). The highest BCUT2D eigenvalue weighted by atomic mass is 35.5. The average molecular weight is 257 g/mol. The van der Waals surface area contributed by atoms with Gasteiger partial charge in [0.25, 0.3) is 0 Å². The first-order valence-electron chi connectivity index (χ1n) is 5.93. The van der Waals surface area contributed by atoms with Crippen LogP contribution in [0.2, 0.25) is 5.02 Å². The van der Waals surface area contributed by atoms with Gasteiger partial charge in [0.1, 0.15) is 0 Å². The standard InChI is InChI=1S/C13H21ClN2O/c1-3-15-8-13(17)10-16(2)9-11-5-4-6-12(14)7-11/h4-7,13,15,17H,3,8-10H2,1-2H3. The predicted molar refractivity (Wildman–Crippen MR) is 72.3 cm³/mol. The number of halogens is 1. The second-order valence-corrected chi connectivity index (χ2v) is 4.72. The molecule has 1 aromatic rings. The third-order valence-electron chi connectivity index (χ3n) is 2.49. The highest BCUT2D eigenvalue weighted by Gasteiger charge is 2.08. The SMILES string of the molecule is CCNCC(O)CN(C)Cc1cccc(Cl)c1. The summed E-state index contributed by atoms with van der Waals surface area (Å²) in [6.07, 6.45) is -0.334. The van der Waals surface area contributed by atoms with Crippen LogP contribution in [-0.4, -0.2) is 42.8 Å². The van der Waals surface area contributed by atoms with E-state index in [1.807, 2.05) is 38.2 Å². The summed E-state index contributed by atoms with van der Waals surface area (Å²) in [5, 5.41) is 13.6. The molecule has 1 unspecified atom stereocenters. The molecule has 0 bridgehead atoms. The first-order chi connectivity index (χ1) is 8.11. The van der Waals surface area contributed by atoms with E-state index in [1.165, 1.54) is 0 Å². The number of rotatable bonds is 7. The number of likely N-dealkylation sites (N-methyl/N-ethyl adjacent to an activating group) is 2. The van der Waals surface area contributed by atoms with Crippen LogP contribution < -0.4 is 5.32 Å². The molecule has 0 fully saturated rings. The van der Waals surface area contributed by atoms with Crippen LogP contribution in [-0.2, 0) is 6.54 Å². The first-order valence-corrected chi connectivity index (χ1v) is 6.31. The van der Waals surface area contributed by atoms with Crippen LogP contribution in [0.3, 0.4) is 0 Å². The van der Waals surface area contributed by atoms with E-state index in [1.54, 1.807) is 0 Å². The highest BCUT2D eigenvalue weighted by Crippen LogP contribution is 2.12. The van der Waals surface area contributed by atoms with E-state index < -0.39 is 0 Å². The minimum absolute atomic E-state index is 0.334. The molecule has 0 spiro atoms. The normalized spacial score (nSPS) is 13.0. The van der Waals surface area contributed by atoms with Crippen molar-refractivity contribution in [3.63, 3.8) is 0 Å². The van der Waals surface area contributed by atoms with Gasteiger partial charge in [0.2, 0.25) is 0 Å². The van der Waals surface area contributed by atoms with Crippen molar-refractivity contribution in [1.82, 2.24) is 10.2 Å². The van der Waals surface area contributed by atoms with Crippen LogP contribution in [0.4, 0.5) is 0 Å². The van der Waals surface area contributed by atoms with Gasteiger partial charge in [0, 0.05) is 24.7 Å². The summed E-state index contributed by atoms with van der Waals surface area (Å²) in [5.74, 6) is 0. The molecule has 96 valence electrons. The fourth-order valence-corrected chi connectivity index (χ4v) is 1.96. The Balaban J connectivity index is 2.36. The van der Waals surface area contributed by atoms with Crippen molar-refractivity contribution >= 4 is 11.6 Å². The summed E-state index contributed by atoms with van der Waals surface area (Å²) in [5.41, 5.74) is 1.16. The topological polar surface area (TPSA) is 35.5 Å². The van der Waals surface area contributed by atoms with Crippen molar-refractivity contribution in [3.8, 4) is 0 Å². The second kappa shape index (κ2) is 7.67. The van der Waals surface area contributed by atoms with Gasteiger partial charge in [-0.15, -0.1) is 0 Å². The van der Waals surface area contributed by atoms with E-state index >= 15 is 0 Å². The summed E-state index contributed by atoms with van der Waals surface area (Å²) in [4.78, 5) is 2.09. The minimum Gasteiger partial charge on any atom is -0.390 e. The van der Waals surface area contributed by atoms with E-state index in [0.717, 1.165) is 23.7 Å². The third-order valence-corrected chi connectivity index (χ3v) is 2.73. The molecule has 2 N–H and O–H groups in total. The van der Waals surface area contributed by atoms with Gasteiger partial charge in [-0.3, -0.25) is 4.90 Å². The van der Waals surface area contributed by atoms with Crippen molar-refractivity contribution in [2.75, 3.05) is 26.7 Å². The highest BCUT2D eigenvalue weighted by molar-refractivity contribution is 6.30. The number of nitrogens with one attached hydrogen (secondary N) is 1. The maximum atomic E-state index is 9.75. The van der Waals surface area contributed by atoms with Crippen molar-refractivity contribution in [2.24, 2.45) is 0 Å². The smallest absolute Gasteiger partial charge is 0.0791 e. The lowest BCUT2D eigenvalue weighted by molar-refractivity contribution is 0.122. The van der Waals surface area contributed by atoms with Gasteiger partial charge in [-0.05, 0) is 31.3 Å². The molecule has 0 saturated heterocycles. The molecule has 0 heterocycles. The number of hydrogen-bond donors (Lipinski definition) is 2. The van der Waals surface area contributed by atoms with Gasteiger partial charge in [0.05, 0.1) is 6.10 Å². The summed E-state index contributed by atoms with van der Waals surface area (Å²) in [6.45, 7) is 5.00. The number of aliphatic hydroxyl groups excluding tert-OH is 1. The number of benzene rings is 1. The molecule has 4 heteroatoms. The molecule has 1 aromatic carbocycles. The van der Waals surface area contributed by atoms with Gasteiger partial charge in [-0.25, -0.2) is 0 Å². The summed E-state index contributed by atoms with van der Waals surface area (Å²) in [7, 11) is 2.00. The zero-order chi connectivity index (χ0) is 12.7. The van der Waals surface area contributed by atoms with Gasteiger partial charge >= 0.3 is 0 Å². The van der Waals surface area contributed by atoms with E-state index in [4.69, 9.17) is 11.6 Å². The van der Waals surface area contributed by atoms with Crippen LogP contribution in [0.15, 0.2) is 24.3 Å². The third kappa shape index (κ3) is 6.03. The molecule has 0 amide bonds. The zero-order valence-corrected chi connectivity index (χ0v) is 11.2. The average Bonchev–Trinajstić information content (AvgIpc) is 2.26. The molecule has 0 saturated carbocycles. The molecular weight excluding hydrogens is 236 g/mol. The van der Waals surface area contributed by atoms with Crippen molar-refractivity contribution in [2.45, 2.75) is 19.6 Å². The van der Waals surface area contributed by atoms with Crippen molar-refractivity contribution < 1.29 is 5.11 Å². The number of nitrogens with zero attached hydrogens (tertiary/aromatic N) is 1. The predicted octanol–water partition coefficient (Wildman–Crippen LogP) is 1.74. The van der Waals surface area contributed by atoms with Crippen LogP contribution in [0.25, 0.3) is 0 Å². The lowest BCUT2D eigenvalue weighted by Gasteiger charge is -2.20.